The number of hydrogen-bond acceptors (Lipinski definition) is 5. The molecule has 0 unspecified atom stereocenters. The second-order valence-electron chi connectivity index (χ2n) is 3.35. The number of hydrogen-bond donors (Lipinski definition) is 0. The lowest BCUT2D eigenvalue weighted by Gasteiger charge is -2.00. The van der Waals surface area contributed by atoms with E-state index >= 15 is 0 Å². The van der Waals surface area contributed by atoms with Gasteiger partial charge in [-0.15, -0.1) is 0 Å². The summed E-state index contributed by atoms with van der Waals surface area (Å²) in [7, 11) is 0. The minimum absolute atomic E-state index is 0.120. The van der Waals surface area contributed by atoms with Crippen molar-refractivity contribution in [2.45, 2.75) is 13.5 Å². The molecule has 0 N–H and O–H groups in total. The molecular formula is C12H10O5. The highest BCUT2D eigenvalue weighted by Crippen LogP contribution is 2.23. The van der Waals surface area contributed by atoms with Gasteiger partial charge >= 0.3 is 11.8 Å². The Bertz CT molecular complexity index is 564. The standard InChI is InChI=1S/C12H10O5/c1-8(13)15-7-10-11(17-12(14)16-10)9-5-3-2-4-6-9/h2-6H,7H2,1H3. The molecule has 2 rings (SSSR count). The normalized spacial score (nSPS) is 10.2. The fraction of sp³-hybridized carbons (Fsp3) is 0.167. The molecule has 0 fully saturated rings. The Kier molecular flexibility index (Phi) is 3.09. The first-order chi connectivity index (χ1) is 8.16. The third kappa shape index (κ3) is 2.63. The van der Waals surface area contributed by atoms with Crippen molar-refractivity contribution in [1.29, 1.82) is 0 Å². The van der Waals surface area contributed by atoms with Crippen molar-refractivity contribution in [1.82, 2.24) is 0 Å². The van der Waals surface area contributed by atoms with Gasteiger partial charge in [-0.2, -0.15) is 0 Å². The molecular weight excluding hydrogens is 224 g/mol. The zero-order valence-corrected chi connectivity index (χ0v) is 9.14. The minimum atomic E-state index is -0.814. The summed E-state index contributed by atoms with van der Waals surface area (Å²) in [6.45, 7) is 1.16. The van der Waals surface area contributed by atoms with Crippen molar-refractivity contribution in [3.05, 3.63) is 46.7 Å². The summed E-state index contributed by atoms with van der Waals surface area (Å²) < 4.78 is 14.5. The highest BCUT2D eigenvalue weighted by atomic mass is 16.6. The Balaban J connectivity index is 2.34. The second-order valence-corrected chi connectivity index (χ2v) is 3.35. The lowest BCUT2D eigenvalue weighted by Crippen LogP contribution is -1.99. The van der Waals surface area contributed by atoms with Crippen LogP contribution in [-0.2, 0) is 16.1 Å². The number of carbonyl (C=O) groups excluding carboxylic acids is 1. The highest BCUT2D eigenvalue weighted by Gasteiger charge is 2.15. The largest absolute Gasteiger partial charge is 0.519 e. The average Bonchev–Trinajstić information content (AvgIpc) is 2.69. The van der Waals surface area contributed by atoms with Gasteiger partial charge in [0.2, 0.25) is 0 Å². The number of esters is 1. The van der Waals surface area contributed by atoms with E-state index in [0.29, 0.717) is 5.56 Å². The molecule has 1 heterocycles. The van der Waals surface area contributed by atoms with Crippen LogP contribution in [0.1, 0.15) is 12.7 Å². The van der Waals surface area contributed by atoms with Crippen molar-refractivity contribution < 1.29 is 18.4 Å². The molecule has 1 aromatic heterocycles. The average molecular weight is 234 g/mol. The van der Waals surface area contributed by atoms with Crippen LogP contribution in [0.2, 0.25) is 0 Å². The third-order valence-corrected chi connectivity index (χ3v) is 2.09. The van der Waals surface area contributed by atoms with E-state index < -0.39 is 11.8 Å². The molecule has 0 radical (unpaired) electrons. The van der Waals surface area contributed by atoms with Crippen LogP contribution in [-0.4, -0.2) is 5.97 Å². The summed E-state index contributed by atoms with van der Waals surface area (Å²) in [5.41, 5.74) is 0.695. The van der Waals surface area contributed by atoms with Crippen LogP contribution < -0.4 is 5.82 Å². The van der Waals surface area contributed by atoms with Gasteiger partial charge in [0.15, 0.2) is 18.1 Å². The highest BCUT2D eigenvalue weighted by molar-refractivity contribution is 5.66. The molecule has 0 bridgehead atoms. The zero-order chi connectivity index (χ0) is 12.3. The monoisotopic (exact) mass is 234 g/mol. The lowest BCUT2D eigenvalue weighted by molar-refractivity contribution is -0.142. The van der Waals surface area contributed by atoms with E-state index in [-0.39, 0.29) is 18.1 Å². The molecule has 0 amide bonds. The predicted octanol–water partition coefficient (Wildman–Crippen LogP) is 1.96. The first kappa shape index (κ1) is 11.2. The van der Waals surface area contributed by atoms with Crippen LogP contribution in [0, 0.1) is 0 Å². The summed E-state index contributed by atoms with van der Waals surface area (Å²) in [4.78, 5) is 21.8. The van der Waals surface area contributed by atoms with Gasteiger partial charge in [0, 0.05) is 12.5 Å². The van der Waals surface area contributed by atoms with Crippen molar-refractivity contribution in [2.75, 3.05) is 0 Å². The van der Waals surface area contributed by atoms with Gasteiger partial charge in [-0.3, -0.25) is 4.79 Å². The zero-order valence-electron chi connectivity index (χ0n) is 9.14. The smallest absolute Gasteiger partial charge is 0.458 e. The van der Waals surface area contributed by atoms with Crippen LogP contribution in [0.25, 0.3) is 11.3 Å². The van der Waals surface area contributed by atoms with E-state index in [0.717, 1.165) is 0 Å². The molecule has 0 aliphatic rings. The van der Waals surface area contributed by atoms with Crippen molar-refractivity contribution in [3.8, 4) is 11.3 Å². The molecule has 0 aliphatic heterocycles. The fourth-order valence-electron chi connectivity index (χ4n) is 1.38. The van der Waals surface area contributed by atoms with Crippen LogP contribution in [0.3, 0.4) is 0 Å². The summed E-state index contributed by atoms with van der Waals surface area (Å²) in [6, 6.07) is 8.99. The van der Waals surface area contributed by atoms with E-state index in [1.54, 1.807) is 24.3 Å². The molecule has 0 saturated heterocycles. The molecule has 5 nitrogen and oxygen atoms in total. The van der Waals surface area contributed by atoms with E-state index in [9.17, 15) is 9.59 Å². The Morgan fingerprint density at radius 1 is 1.24 bits per heavy atom. The number of benzene rings is 1. The van der Waals surface area contributed by atoms with E-state index in [1.165, 1.54) is 6.92 Å². The first-order valence-electron chi connectivity index (χ1n) is 4.98. The predicted molar refractivity (Wildman–Crippen MR) is 58.2 cm³/mol. The van der Waals surface area contributed by atoms with Crippen LogP contribution in [0.15, 0.2) is 44.0 Å². The van der Waals surface area contributed by atoms with Crippen molar-refractivity contribution in [2.24, 2.45) is 0 Å². The maximum Gasteiger partial charge on any atom is 0.519 e. The maximum atomic E-state index is 11.1. The Labute approximate surface area is 96.6 Å². The third-order valence-electron chi connectivity index (χ3n) is 2.09. The van der Waals surface area contributed by atoms with Gasteiger partial charge in [-0.05, 0) is 0 Å². The Hall–Kier alpha value is -2.30. The van der Waals surface area contributed by atoms with Gasteiger partial charge in [0.05, 0.1) is 0 Å². The first-order valence-corrected chi connectivity index (χ1v) is 4.98. The number of carbonyl (C=O) groups is 1. The molecule has 1 aromatic carbocycles. The number of ether oxygens (including phenoxy) is 1. The molecule has 17 heavy (non-hydrogen) atoms. The maximum absolute atomic E-state index is 11.1. The molecule has 2 aromatic rings. The fourth-order valence-corrected chi connectivity index (χ4v) is 1.38. The molecule has 88 valence electrons. The van der Waals surface area contributed by atoms with E-state index in [4.69, 9.17) is 13.6 Å². The topological polar surface area (TPSA) is 69.7 Å². The van der Waals surface area contributed by atoms with Crippen molar-refractivity contribution >= 4 is 5.97 Å². The Morgan fingerprint density at radius 2 is 1.94 bits per heavy atom. The Morgan fingerprint density at radius 3 is 2.59 bits per heavy atom. The molecule has 5 heteroatoms. The van der Waals surface area contributed by atoms with E-state index in [1.807, 2.05) is 6.07 Å². The van der Waals surface area contributed by atoms with E-state index in [2.05, 4.69) is 0 Å². The summed E-state index contributed by atoms with van der Waals surface area (Å²) in [5.74, 6) is -0.771. The van der Waals surface area contributed by atoms with Gasteiger partial charge in [0.1, 0.15) is 0 Å². The van der Waals surface area contributed by atoms with Gasteiger partial charge in [-0.25, -0.2) is 4.79 Å². The van der Waals surface area contributed by atoms with Crippen LogP contribution >= 0.6 is 0 Å². The summed E-state index contributed by atoms with van der Waals surface area (Å²) in [6.07, 6.45) is 0. The van der Waals surface area contributed by atoms with Crippen LogP contribution in [0.5, 0.6) is 0 Å². The SMILES string of the molecule is CC(=O)OCc1oc(=O)oc1-c1ccccc1. The minimum Gasteiger partial charge on any atom is -0.458 e. The second kappa shape index (κ2) is 4.69. The van der Waals surface area contributed by atoms with Gasteiger partial charge in [-0.1, -0.05) is 30.3 Å². The van der Waals surface area contributed by atoms with Crippen LogP contribution in [0.4, 0.5) is 0 Å². The summed E-state index contributed by atoms with van der Waals surface area (Å²) >= 11 is 0. The molecule has 0 saturated carbocycles. The van der Waals surface area contributed by atoms with Gasteiger partial charge in [0.25, 0.3) is 0 Å². The molecule has 0 spiro atoms. The van der Waals surface area contributed by atoms with Crippen molar-refractivity contribution in [3.63, 3.8) is 0 Å². The molecule has 0 atom stereocenters. The van der Waals surface area contributed by atoms with Gasteiger partial charge < -0.3 is 13.6 Å². The summed E-state index contributed by atoms with van der Waals surface area (Å²) in [5, 5.41) is 0. The lowest BCUT2D eigenvalue weighted by atomic mass is 10.1. The quantitative estimate of drug-likeness (QED) is 0.759. The molecule has 0 aliphatic carbocycles. The number of rotatable bonds is 3.